The second-order valence-electron chi connectivity index (χ2n) is 4.60. The highest BCUT2D eigenvalue weighted by atomic mass is 16.5. The molecule has 1 fully saturated rings. The van der Waals surface area contributed by atoms with Gasteiger partial charge < -0.3 is 19.0 Å². The molecule has 0 N–H and O–H groups in total. The molecule has 0 atom stereocenters. The number of nitrogens with zero attached hydrogens (tertiary/aromatic N) is 2. The Balaban J connectivity index is 1.77. The van der Waals surface area contributed by atoms with E-state index >= 15 is 0 Å². The van der Waals surface area contributed by atoms with E-state index in [9.17, 15) is 9.59 Å². The zero-order chi connectivity index (χ0) is 14.4. The predicted molar refractivity (Wildman–Crippen MR) is 72.3 cm³/mol. The molecule has 0 bridgehead atoms. The number of rotatable bonds is 5. The summed E-state index contributed by atoms with van der Waals surface area (Å²) in [5.41, 5.74) is 0. The van der Waals surface area contributed by atoms with Crippen LogP contribution in [0.2, 0.25) is 0 Å². The molecule has 2 rings (SSSR count). The number of ether oxygens (including phenoxy) is 1. The molecule has 2 heterocycles. The first kappa shape index (κ1) is 14.6. The molecular weight excluding hydrogens is 260 g/mol. The maximum Gasteiger partial charge on any atom is 0.289 e. The van der Waals surface area contributed by atoms with Crippen molar-refractivity contribution < 1.29 is 18.7 Å². The molecule has 0 saturated carbocycles. The summed E-state index contributed by atoms with van der Waals surface area (Å²) in [4.78, 5) is 27.5. The highest BCUT2D eigenvalue weighted by Gasteiger charge is 2.25. The van der Waals surface area contributed by atoms with Crippen molar-refractivity contribution in [2.24, 2.45) is 0 Å². The molecule has 110 valence electrons. The van der Waals surface area contributed by atoms with Crippen LogP contribution in [0, 0.1) is 0 Å². The molecule has 0 radical (unpaired) electrons. The average molecular weight is 280 g/mol. The minimum atomic E-state index is -0.114. The van der Waals surface area contributed by atoms with Gasteiger partial charge in [-0.25, -0.2) is 0 Å². The smallest absolute Gasteiger partial charge is 0.289 e. The Morgan fingerprint density at radius 2 is 1.95 bits per heavy atom. The second kappa shape index (κ2) is 7.09. The van der Waals surface area contributed by atoms with Gasteiger partial charge in [-0.3, -0.25) is 9.59 Å². The molecule has 1 aromatic heterocycles. The van der Waals surface area contributed by atoms with Gasteiger partial charge in [0.15, 0.2) is 5.76 Å². The van der Waals surface area contributed by atoms with Gasteiger partial charge in [-0.1, -0.05) is 0 Å². The van der Waals surface area contributed by atoms with Gasteiger partial charge in [0.05, 0.1) is 19.3 Å². The highest BCUT2D eigenvalue weighted by molar-refractivity contribution is 5.91. The van der Waals surface area contributed by atoms with Crippen molar-refractivity contribution in [1.82, 2.24) is 9.80 Å². The fourth-order valence-corrected chi connectivity index (χ4v) is 2.18. The number of hydrogen-bond acceptors (Lipinski definition) is 4. The van der Waals surface area contributed by atoms with E-state index in [1.807, 2.05) is 6.92 Å². The average Bonchev–Trinajstić information content (AvgIpc) is 3.01. The van der Waals surface area contributed by atoms with Gasteiger partial charge in [-0.05, 0) is 19.1 Å². The lowest BCUT2D eigenvalue weighted by atomic mass is 10.2. The first-order chi connectivity index (χ1) is 9.72. The van der Waals surface area contributed by atoms with E-state index in [-0.39, 0.29) is 11.8 Å². The van der Waals surface area contributed by atoms with E-state index in [0.29, 0.717) is 51.6 Å². The Morgan fingerprint density at radius 3 is 2.55 bits per heavy atom. The lowest BCUT2D eigenvalue weighted by molar-refractivity contribution is -0.133. The van der Waals surface area contributed by atoms with Gasteiger partial charge in [0.1, 0.15) is 0 Å². The lowest BCUT2D eigenvalue weighted by Crippen LogP contribution is -2.50. The van der Waals surface area contributed by atoms with Gasteiger partial charge in [-0.15, -0.1) is 0 Å². The van der Waals surface area contributed by atoms with Crippen LogP contribution in [0.25, 0.3) is 0 Å². The molecule has 0 spiro atoms. The van der Waals surface area contributed by atoms with Crippen LogP contribution in [0.1, 0.15) is 23.9 Å². The normalized spacial score (nSPS) is 15.4. The minimum Gasteiger partial charge on any atom is -0.459 e. The Morgan fingerprint density at radius 1 is 1.25 bits per heavy atom. The van der Waals surface area contributed by atoms with Crippen molar-refractivity contribution in [3.8, 4) is 0 Å². The molecule has 0 unspecified atom stereocenters. The van der Waals surface area contributed by atoms with Gasteiger partial charge in [-0.2, -0.15) is 0 Å². The predicted octanol–water partition coefficient (Wildman–Crippen LogP) is 0.991. The molecule has 1 aliphatic rings. The largest absolute Gasteiger partial charge is 0.459 e. The van der Waals surface area contributed by atoms with E-state index in [4.69, 9.17) is 9.15 Å². The zero-order valence-corrected chi connectivity index (χ0v) is 11.7. The monoisotopic (exact) mass is 280 g/mol. The first-order valence-corrected chi connectivity index (χ1v) is 6.90. The van der Waals surface area contributed by atoms with E-state index in [2.05, 4.69) is 0 Å². The molecule has 1 aromatic rings. The highest BCUT2D eigenvalue weighted by Crippen LogP contribution is 2.10. The summed E-state index contributed by atoms with van der Waals surface area (Å²) in [6, 6.07) is 3.35. The van der Waals surface area contributed by atoms with Gasteiger partial charge in [0.25, 0.3) is 5.91 Å². The van der Waals surface area contributed by atoms with Crippen LogP contribution >= 0.6 is 0 Å². The van der Waals surface area contributed by atoms with Crippen LogP contribution in [0.4, 0.5) is 0 Å². The Labute approximate surface area is 118 Å². The van der Waals surface area contributed by atoms with Crippen LogP contribution in [-0.2, 0) is 9.53 Å². The number of carbonyl (C=O) groups excluding carboxylic acids is 2. The van der Waals surface area contributed by atoms with Crippen LogP contribution in [0.5, 0.6) is 0 Å². The quantitative estimate of drug-likeness (QED) is 0.755. The molecule has 20 heavy (non-hydrogen) atoms. The van der Waals surface area contributed by atoms with E-state index < -0.39 is 0 Å². The van der Waals surface area contributed by atoms with Crippen molar-refractivity contribution in [2.45, 2.75) is 13.3 Å². The van der Waals surface area contributed by atoms with Crippen molar-refractivity contribution >= 4 is 11.8 Å². The summed E-state index contributed by atoms with van der Waals surface area (Å²) in [6.07, 6.45) is 1.89. The molecule has 6 heteroatoms. The molecule has 1 aliphatic heterocycles. The van der Waals surface area contributed by atoms with Crippen LogP contribution in [-0.4, -0.2) is 61.0 Å². The SMILES string of the molecule is CCOCCC(=O)N1CCN(C(=O)c2ccco2)CC1. The second-order valence-corrected chi connectivity index (χ2v) is 4.60. The third-order valence-corrected chi connectivity index (χ3v) is 3.32. The van der Waals surface area contributed by atoms with Crippen molar-refractivity contribution in [3.05, 3.63) is 24.2 Å². The molecule has 1 saturated heterocycles. The third kappa shape index (κ3) is 3.60. The minimum absolute atomic E-state index is 0.0866. The van der Waals surface area contributed by atoms with Crippen molar-refractivity contribution in [2.75, 3.05) is 39.4 Å². The number of hydrogen-bond donors (Lipinski definition) is 0. The molecule has 2 amide bonds. The Bertz CT molecular complexity index is 436. The summed E-state index contributed by atoms with van der Waals surface area (Å²) in [5.74, 6) is 0.320. The van der Waals surface area contributed by atoms with Crippen LogP contribution < -0.4 is 0 Å². The third-order valence-electron chi connectivity index (χ3n) is 3.32. The summed E-state index contributed by atoms with van der Waals surface area (Å²) < 4.78 is 10.3. The van der Waals surface area contributed by atoms with E-state index in [1.54, 1.807) is 21.9 Å². The number of furan rings is 1. The van der Waals surface area contributed by atoms with Crippen molar-refractivity contribution in [1.29, 1.82) is 0 Å². The standard InChI is InChI=1S/C14H20N2O4/c1-2-19-11-5-13(17)15-6-8-16(9-7-15)14(18)12-4-3-10-20-12/h3-4,10H,2,5-9,11H2,1H3. The first-order valence-electron chi connectivity index (χ1n) is 6.90. The fraction of sp³-hybridized carbons (Fsp3) is 0.571. The Hall–Kier alpha value is -1.82. The van der Waals surface area contributed by atoms with Crippen LogP contribution in [0.3, 0.4) is 0 Å². The maximum atomic E-state index is 12.1. The molecule has 0 aromatic carbocycles. The summed E-state index contributed by atoms with van der Waals surface area (Å²) in [7, 11) is 0. The van der Waals surface area contributed by atoms with Crippen molar-refractivity contribution in [3.63, 3.8) is 0 Å². The van der Waals surface area contributed by atoms with Gasteiger partial charge >= 0.3 is 0 Å². The van der Waals surface area contributed by atoms with Gasteiger partial charge in [0, 0.05) is 32.8 Å². The number of carbonyl (C=O) groups is 2. The fourth-order valence-electron chi connectivity index (χ4n) is 2.18. The summed E-state index contributed by atoms with van der Waals surface area (Å²) in [6.45, 7) is 5.21. The van der Waals surface area contributed by atoms with E-state index in [0.717, 1.165) is 0 Å². The van der Waals surface area contributed by atoms with Gasteiger partial charge in [0.2, 0.25) is 5.91 Å². The van der Waals surface area contributed by atoms with Crippen LogP contribution in [0.15, 0.2) is 22.8 Å². The number of piperazine rings is 1. The number of amides is 2. The molecular formula is C14H20N2O4. The Kier molecular flexibility index (Phi) is 5.17. The van der Waals surface area contributed by atoms with E-state index in [1.165, 1.54) is 6.26 Å². The summed E-state index contributed by atoms with van der Waals surface area (Å²) >= 11 is 0. The summed E-state index contributed by atoms with van der Waals surface area (Å²) in [5, 5.41) is 0. The maximum absolute atomic E-state index is 12.1. The lowest BCUT2D eigenvalue weighted by Gasteiger charge is -2.34. The molecule has 0 aliphatic carbocycles. The zero-order valence-electron chi connectivity index (χ0n) is 11.7. The topological polar surface area (TPSA) is 63.0 Å². The molecule has 6 nitrogen and oxygen atoms in total.